The van der Waals surface area contributed by atoms with Crippen molar-refractivity contribution < 1.29 is 4.79 Å². The van der Waals surface area contributed by atoms with Gasteiger partial charge in [0.05, 0.1) is 6.54 Å². The quantitative estimate of drug-likeness (QED) is 0.701. The molecule has 0 saturated carbocycles. The molecule has 0 aliphatic carbocycles. The molecule has 0 spiro atoms. The van der Waals surface area contributed by atoms with Crippen molar-refractivity contribution >= 4 is 33.3 Å². The van der Waals surface area contributed by atoms with E-state index in [0.29, 0.717) is 13.1 Å². The molecule has 3 rings (SSSR count). The summed E-state index contributed by atoms with van der Waals surface area (Å²) in [5.41, 5.74) is 0.933. The number of halogens is 1. The van der Waals surface area contributed by atoms with Crippen molar-refractivity contribution in [2.45, 2.75) is 13.1 Å². The molecule has 3 heterocycles. The van der Waals surface area contributed by atoms with Gasteiger partial charge in [-0.1, -0.05) is 6.07 Å². The van der Waals surface area contributed by atoms with E-state index in [9.17, 15) is 4.79 Å². The van der Waals surface area contributed by atoms with Gasteiger partial charge >= 0.3 is 6.03 Å². The van der Waals surface area contributed by atoms with Crippen LogP contribution in [0.2, 0.25) is 0 Å². The van der Waals surface area contributed by atoms with E-state index in [1.807, 2.05) is 34.3 Å². The van der Waals surface area contributed by atoms with Crippen LogP contribution in [0.25, 0.3) is 5.82 Å². The minimum atomic E-state index is -0.201. The molecule has 0 atom stereocenters. The van der Waals surface area contributed by atoms with Crippen LogP contribution in [0.3, 0.4) is 0 Å². The van der Waals surface area contributed by atoms with Gasteiger partial charge in [-0.25, -0.2) is 14.8 Å². The van der Waals surface area contributed by atoms with Crippen molar-refractivity contribution in [3.8, 4) is 5.82 Å². The number of nitrogens with zero attached hydrogens (tertiary/aromatic N) is 3. The number of nitrogens with one attached hydrogen (secondary N) is 2. The van der Waals surface area contributed by atoms with Crippen LogP contribution in [0, 0.1) is 0 Å². The number of thiophene rings is 1. The van der Waals surface area contributed by atoms with Gasteiger partial charge in [-0.15, -0.1) is 11.3 Å². The van der Waals surface area contributed by atoms with Gasteiger partial charge in [0, 0.05) is 39.9 Å². The summed E-state index contributed by atoms with van der Waals surface area (Å²) in [4.78, 5) is 21.2. The maximum atomic E-state index is 11.8. The SMILES string of the molecule is O=C(NCc1ccc(-n2ccnc2)nc1)NCc1cc(Br)cs1. The van der Waals surface area contributed by atoms with Crippen molar-refractivity contribution in [2.75, 3.05) is 0 Å². The predicted molar refractivity (Wildman–Crippen MR) is 92.5 cm³/mol. The zero-order valence-electron chi connectivity index (χ0n) is 12.1. The number of carbonyl (C=O) groups is 1. The van der Waals surface area contributed by atoms with Crippen molar-refractivity contribution in [2.24, 2.45) is 0 Å². The second-order valence-corrected chi connectivity index (χ2v) is 6.67. The van der Waals surface area contributed by atoms with E-state index in [-0.39, 0.29) is 6.03 Å². The van der Waals surface area contributed by atoms with Crippen molar-refractivity contribution in [3.05, 3.63) is 63.4 Å². The fourth-order valence-corrected chi connectivity index (χ4v) is 3.32. The van der Waals surface area contributed by atoms with E-state index in [1.54, 1.807) is 30.1 Å². The largest absolute Gasteiger partial charge is 0.334 e. The number of aromatic nitrogens is 3. The number of imidazole rings is 1. The molecule has 0 saturated heterocycles. The zero-order valence-corrected chi connectivity index (χ0v) is 14.5. The Labute approximate surface area is 145 Å². The van der Waals surface area contributed by atoms with Gasteiger partial charge in [-0.2, -0.15) is 0 Å². The second-order valence-electron chi connectivity index (χ2n) is 4.76. The Hall–Kier alpha value is -2.19. The van der Waals surface area contributed by atoms with E-state index in [2.05, 4.69) is 36.5 Å². The van der Waals surface area contributed by atoms with Gasteiger partial charge in [0.1, 0.15) is 12.1 Å². The molecule has 8 heteroatoms. The summed E-state index contributed by atoms with van der Waals surface area (Å²) in [5, 5.41) is 7.63. The molecule has 2 amide bonds. The smallest absolute Gasteiger partial charge is 0.315 e. The maximum Gasteiger partial charge on any atom is 0.315 e. The maximum absolute atomic E-state index is 11.8. The standard InChI is InChI=1S/C15H14BrN5OS/c16-12-5-13(23-9-12)8-20-15(22)19-7-11-1-2-14(18-6-11)21-4-3-17-10-21/h1-6,9-10H,7-8H2,(H2,19,20,22). The number of hydrogen-bond acceptors (Lipinski definition) is 4. The van der Waals surface area contributed by atoms with Crippen LogP contribution in [-0.2, 0) is 13.1 Å². The Balaban J connectivity index is 1.47. The molecule has 0 radical (unpaired) electrons. The third-order valence-corrected chi connectivity index (χ3v) is 4.77. The molecule has 0 aliphatic rings. The third-order valence-electron chi connectivity index (χ3n) is 3.08. The summed E-state index contributed by atoms with van der Waals surface area (Å²) in [6.07, 6.45) is 6.97. The monoisotopic (exact) mass is 391 g/mol. The number of hydrogen-bond donors (Lipinski definition) is 2. The highest BCUT2D eigenvalue weighted by atomic mass is 79.9. The van der Waals surface area contributed by atoms with Crippen LogP contribution in [0.5, 0.6) is 0 Å². The van der Waals surface area contributed by atoms with Crippen LogP contribution < -0.4 is 10.6 Å². The molecule has 23 heavy (non-hydrogen) atoms. The van der Waals surface area contributed by atoms with Crippen LogP contribution in [0.4, 0.5) is 4.79 Å². The number of carbonyl (C=O) groups excluding carboxylic acids is 1. The van der Waals surface area contributed by atoms with Gasteiger partial charge < -0.3 is 10.6 Å². The Kier molecular flexibility index (Phi) is 5.04. The molecule has 118 valence electrons. The fraction of sp³-hybridized carbons (Fsp3) is 0.133. The van der Waals surface area contributed by atoms with Crippen LogP contribution >= 0.6 is 27.3 Å². The van der Waals surface area contributed by atoms with Crippen LogP contribution in [0.1, 0.15) is 10.4 Å². The topological polar surface area (TPSA) is 71.8 Å². The van der Waals surface area contributed by atoms with Gasteiger partial charge in [-0.05, 0) is 33.6 Å². The lowest BCUT2D eigenvalue weighted by Gasteiger charge is -2.07. The normalized spacial score (nSPS) is 10.5. The summed E-state index contributed by atoms with van der Waals surface area (Å²) in [6, 6.07) is 5.61. The van der Waals surface area contributed by atoms with E-state index >= 15 is 0 Å². The second kappa shape index (κ2) is 7.38. The van der Waals surface area contributed by atoms with E-state index in [4.69, 9.17) is 0 Å². The van der Waals surface area contributed by atoms with Gasteiger partial charge in [0.25, 0.3) is 0 Å². The highest BCUT2D eigenvalue weighted by Gasteiger charge is 2.03. The fourth-order valence-electron chi connectivity index (χ4n) is 1.93. The van der Waals surface area contributed by atoms with Crippen molar-refractivity contribution in [1.82, 2.24) is 25.2 Å². The zero-order chi connectivity index (χ0) is 16.1. The molecule has 6 nitrogen and oxygen atoms in total. The van der Waals surface area contributed by atoms with Crippen molar-refractivity contribution in [3.63, 3.8) is 0 Å². The summed E-state index contributed by atoms with van der Waals surface area (Å²) in [7, 11) is 0. The molecular formula is C15H14BrN5OS. The van der Waals surface area contributed by atoms with Crippen molar-refractivity contribution in [1.29, 1.82) is 0 Å². The molecule has 3 aromatic rings. The summed E-state index contributed by atoms with van der Waals surface area (Å²) < 4.78 is 2.85. The minimum absolute atomic E-state index is 0.201. The first-order valence-corrected chi connectivity index (χ1v) is 8.56. The molecule has 0 aliphatic heterocycles. The van der Waals surface area contributed by atoms with Gasteiger partial charge in [-0.3, -0.25) is 4.57 Å². The number of amides is 2. The molecular weight excluding hydrogens is 378 g/mol. The first-order valence-electron chi connectivity index (χ1n) is 6.88. The molecule has 0 fully saturated rings. The molecule has 2 N–H and O–H groups in total. The van der Waals surface area contributed by atoms with Gasteiger partial charge in [0.15, 0.2) is 0 Å². The first kappa shape index (κ1) is 15.7. The third kappa shape index (κ3) is 4.40. The highest BCUT2D eigenvalue weighted by Crippen LogP contribution is 2.19. The Morgan fingerprint density at radius 1 is 1.30 bits per heavy atom. The average Bonchev–Trinajstić information content (AvgIpc) is 3.23. The lowest BCUT2D eigenvalue weighted by Crippen LogP contribution is -2.34. The molecule has 0 bridgehead atoms. The number of pyridine rings is 1. The number of urea groups is 1. The molecule has 3 aromatic heterocycles. The lowest BCUT2D eigenvalue weighted by atomic mass is 10.3. The van der Waals surface area contributed by atoms with E-state index < -0.39 is 0 Å². The van der Waals surface area contributed by atoms with E-state index in [0.717, 1.165) is 20.7 Å². The van der Waals surface area contributed by atoms with Crippen LogP contribution in [0.15, 0.2) is 53.0 Å². The Morgan fingerprint density at radius 3 is 2.83 bits per heavy atom. The summed E-state index contributed by atoms with van der Waals surface area (Å²) in [5.74, 6) is 0.791. The summed E-state index contributed by atoms with van der Waals surface area (Å²) >= 11 is 4.99. The minimum Gasteiger partial charge on any atom is -0.334 e. The Morgan fingerprint density at radius 2 is 2.17 bits per heavy atom. The first-order chi connectivity index (χ1) is 11.2. The van der Waals surface area contributed by atoms with Crippen LogP contribution in [-0.4, -0.2) is 20.6 Å². The number of rotatable bonds is 5. The summed E-state index contributed by atoms with van der Waals surface area (Å²) in [6.45, 7) is 0.942. The molecule has 0 unspecified atom stereocenters. The Bertz CT molecular complexity index is 770. The predicted octanol–water partition coefficient (Wildman–Crippen LogP) is 3.09. The van der Waals surface area contributed by atoms with E-state index in [1.165, 1.54) is 0 Å². The molecule has 0 aromatic carbocycles. The highest BCUT2D eigenvalue weighted by molar-refractivity contribution is 9.10. The lowest BCUT2D eigenvalue weighted by molar-refractivity contribution is 0.240. The van der Waals surface area contributed by atoms with Gasteiger partial charge in [0.2, 0.25) is 0 Å². The average molecular weight is 392 g/mol.